The fourth-order valence-corrected chi connectivity index (χ4v) is 2.11. The maximum Gasteiger partial charge on any atom is 0.00411 e. The SMILES string of the molecule is CC(C)CC(C)NCCC1CCC1. The van der Waals surface area contributed by atoms with E-state index < -0.39 is 0 Å². The number of hydrogen-bond acceptors (Lipinski definition) is 1. The van der Waals surface area contributed by atoms with E-state index in [1.807, 2.05) is 0 Å². The third-order valence-electron chi connectivity index (χ3n) is 3.10. The molecule has 0 aliphatic heterocycles. The van der Waals surface area contributed by atoms with E-state index in [0.29, 0.717) is 6.04 Å². The topological polar surface area (TPSA) is 12.0 Å². The Morgan fingerprint density at radius 1 is 1.23 bits per heavy atom. The predicted molar refractivity (Wildman–Crippen MR) is 58.9 cm³/mol. The summed E-state index contributed by atoms with van der Waals surface area (Å²) >= 11 is 0. The molecule has 1 nitrogen and oxygen atoms in total. The van der Waals surface area contributed by atoms with Crippen LogP contribution in [0.1, 0.15) is 52.9 Å². The fraction of sp³-hybridized carbons (Fsp3) is 1.00. The van der Waals surface area contributed by atoms with Gasteiger partial charge in [-0.25, -0.2) is 0 Å². The molecule has 13 heavy (non-hydrogen) atoms. The highest BCUT2D eigenvalue weighted by Gasteiger charge is 2.16. The first-order valence-electron chi connectivity index (χ1n) is 5.92. The van der Waals surface area contributed by atoms with Crippen molar-refractivity contribution in [1.82, 2.24) is 5.32 Å². The van der Waals surface area contributed by atoms with Crippen molar-refractivity contribution < 1.29 is 0 Å². The molecule has 0 amide bonds. The molecule has 0 bridgehead atoms. The second-order valence-electron chi connectivity index (χ2n) is 5.07. The molecule has 0 aromatic heterocycles. The monoisotopic (exact) mass is 183 g/mol. The van der Waals surface area contributed by atoms with Crippen LogP contribution in [-0.4, -0.2) is 12.6 Å². The first-order chi connectivity index (χ1) is 6.18. The molecular weight excluding hydrogens is 158 g/mol. The standard InChI is InChI=1S/C12H25N/c1-10(2)9-11(3)13-8-7-12-5-4-6-12/h10-13H,4-9H2,1-3H3. The summed E-state index contributed by atoms with van der Waals surface area (Å²) in [6.07, 6.45) is 7.17. The smallest absolute Gasteiger partial charge is 0.00411 e. The highest BCUT2D eigenvalue weighted by Crippen LogP contribution is 2.28. The molecule has 1 saturated carbocycles. The lowest BCUT2D eigenvalue weighted by molar-refractivity contribution is 0.285. The van der Waals surface area contributed by atoms with Gasteiger partial charge in [0.2, 0.25) is 0 Å². The minimum atomic E-state index is 0.708. The summed E-state index contributed by atoms with van der Waals surface area (Å²) in [5.74, 6) is 1.88. The van der Waals surface area contributed by atoms with Crippen molar-refractivity contribution in [2.45, 2.75) is 58.9 Å². The Morgan fingerprint density at radius 2 is 1.92 bits per heavy atom. The van der Waals surface area contributed by atoms with Gasteiger partial charge in [0.15, 0.2) is 0 Å². The molecular formula is C12H25N. The quantitative estimate of drug-likeness (QED) is 0.667. The van der Waals surface area contributed by atoms with Crippen LogP contribution in [0.15, 0.2) is 0 Å². The Kier molecular flexibility index (Phi) is 4.79. The van der Waals surface area contributed by atoms with Crippen molar-refractivity contribution in [2.24, 2.45) is 11.8 Å². The average Bonchev–Trinajstić information content (AvgIpc) is 1.92. The van der Waals surface area contributed by atoms with Crippen LogP contribution in [0.5, 0.6) is 0 Å². The highest BCUT2D eigenvalue weighted by molar-refractivity contribution is 4.71. The molecule has 0 saturated heterocycles. The lowest BCUT2D eigenvalue weighted by Gasteiger charge is -2.26. The lowest BCUT2D eigenvalue weighted by Crippen LogP contribution is -2.30. The molecule has 1 heteroatoms. The summed E-state index contributed by atoms with van der Waals surface area (Å²) in [7, 11) is 0. The van der Waals surface area contributed by atoms with Gasteiger partial charge < -0.3 is 5.32 Å². The van der Waals surface area contributed by atoms with Crippen LogP contribution >= 0.6 is 0 Å². The number of hydrogen-bond donors (Lipinski definition) is 1. The molecule has 0 aromatic rings. The maximum absolute atomic E-state index is 3.61. The van der Waals surface area contributed by atoms with E-state index in [4.69, 9.17) is 0 Å². The van der Waals surface area contributed by atoms with Gasteiger partial charge in [0.25, 0.3) is 0 Å². The van der Waals surface area contributed by atoms with Crippen LogP contribution < -0.4 is 5.32 Å². The largest absolute Gasteiger partial charge is 0.314 e. The zero-order chi connectivity index (χ0) is 9.68. The normalized spacial score (nSPS) is 20.3. The third-order valence-corrected chi connectivity index (χ3v) is 3.10. The zero-order valence-corrected chi connectivity index (χ0v) is 9.47. The van der Waals surface area contributed by atoms with E-state index in [-0.39, 0.29) is 0 Å². The van der Waals surface area contributed by atoms with Gasteiger partial charge >= 0.3 is 0 Å². The third kappa shape index (κ3) is 4.66. The van der Waals surface area contributed by atoms with Gasteiger partial charge in [-0.1, -0.05) is 33.1 Å². The van der Waals surface area contributed by atoms with E-state index in [2.05, 4.69) is 26.1 Å². The van der Waals surface area contributed by atoms with Crippen molar-refractivity contribution in [3.8, 4) is 0 Å². The van der Waals surface area contributed by atoms with Crippen LogP contribution in [0.2, 0.25) is 0 Å². The summed E-state index contributed by atoms with van der Waals surface area (Å²) in [4.78, 5) is 0. The Bertz CT molecular complexity index is 127. The minimum absolute atomic E-state index is 0.708. The molecule has 1 aliphatic rings. The van der Waals surface area contributed by atoms with E-state index >= 15 is 0 Å². The molecule has 0 spiro atoms. The van der Waals surface area contributed by atoms with Gasteiger partial charge in [-0.05, 0) is 38.1 Å². The molecule has 0 radical (unpaired) electrons. The van der Waals surface area contributed by atoms with Gasteiger partial charge in [0, 0.05) is 6.04 Å². The molecule has 1 aliphatic carbocycles. The summed E-state index contributed by atoms with van der Waals surface area (Å²) in [5.41, 5.74) is 0. The van der Waals surface area contributed by atoms with Gasteiger partial charge in [0.1, 0.15) is 0 Å². The minimum Gasteiger partial charge on any atom is -0.314 e. The van der Waals surface area contributed by atoms with E-state index in [1.54, 1.807) is 0 Å². The summed E-state index contributed by atoms with van der Waals surface area (Å²) in [5, 5.41) is 3.61. The van der Waals surface area contributed by atoms with Crippen molar-refractivity contribution in [3.63, 3.8) is 0 Å². The maximum atomic E-state index is 3.61. The van der Waals surface area contributed by atoms with Crippen LogP contribution in [0.3, 0.4) is 0 Å². The summed E-state index contributed by atoms with van der Waals surface area (Å²) < 4.78 is 0. The van der Waals surface area contributed by atoms with Crippen molar-refractivity contribution >= 4 is 0 Å². The summed E-state index contributed by atoms with van der Waals surface area (Å²) in [6, 6.07) is 0.708. The molecule has 1 fully saturated rings. The van der Waals surface area contributed by atoms with Gasteiger partial charge in [-0.3, -0.25) is 0 Å². The van der Waals surface area contributed by atoms with Gasteiger partial charge in [-0.15, -0.1) is 0 Å². The Labute approximate surface area is 83.3 Å². The molecule has 1 N–H and O–H groups in total. The summed E-state index contributed by atoms with van der Waals surface area (Å²) in [6.45, 7) is 8.13. The predicted octanol–water partition coefficient (Wildman–Crippen LogP) is 3.20. The highest BCUT2D eigenvalue weighted by atomic mass is 14.9. The fourth-order valence-electron chi connectivity index (χ4n) is 2.11. The second kappa shape index (κ2) is 5.64. The van der Waals surface area contributed by atoms with Crippen molar-refractivity contribution in [3.05, 3.63) is 0 Å². The van der Waals surface area contributed by atoms with Crippen LogP contribution in [0.4, 0.5) is 0 Å². The van der Waals surface area contributed by atoms with Crippen LogP contribution in [-0.2, 0) is 0 Å². The van der Waals surface area contributed by atoms with Crippen molar-refractivity contribution in [2.75, 3.05) is 6.54 Å². The van der Waals surface area contributed by atoms with E-state index in [0.717, 1.165) is 11.8 Å². The Balaban J connectivity index is 1.91. The van der Waals surface area contributed by atoms with Gasteiger partial charge in [0.05, 0.1) is 0 Å². The van der Waals surface area contributed by atoms with E-state index in [9.17, 15) is 0 Å². The zero-order valence-electron chi connectivity index (χ0n) is 9.47. The first kappa shape index (κ1) is 11.0. The number of rotatable bonds is 6. The molecule has 1 atom stereocenters. The van der Waals surface area contributed by atoms with Crippen LogP contribution in [0.25, 0.3) is 0 Å². The van der Waals surface area contributed by atoms with Crippen LogP contribution in [0, 0.1) is 11.8 Å². The van der Waals surface area contributed by atoms with Crippen molar-refractivity contribution in [1.29, 1.82) is 0 Å². The van der Waals surface area contributed by atoms with E-state index in [1.165, 1.54) is 38.6 Å². The number of nitrogens with one attached hydrogen (secondary N) is 1. The molecule has 1 rings (SSSR count). The molecule has 0 heterocycles. The average molecular weight is 183 g/mol. The molecule has 0 aromatic carbocycles. The molecule has 78 valence electrons. The van der Waals surface area contributed by atoms with Gasteiger partial charge in [-0.2, -0.15) is 0 Å². The Morgan fingerprint density at radius 3 is 2.38 bits per heavy atom. The second-order valence-corrected chi connectivity index (χ2v) is 5.07. The molecule has 1 unspecified atom stereocenters. The first-order valence-corrected chi connectivity index (χ1v) is 5.92. The Hall–Kier alpha value is -0.0400. The lowest BCUT2D eigenvalue weighted by atomic mass is 9.83.